The highest BCUT2D eigenvalue weighted by atomic mass is 16.5. The van der Waals surface area contributed by atoms with Crippen molar-refractivity contribution in [1.82, 2.24) is 35.0 Å². The average molecular weight is 619 g/mol. The molecule has 1 aromatic carbocycles. The number of likely N-dealkylation sites (tertiary alicyclic amines) is 1. The molecule has 46 heavy (non-hydrogen) atoms. The fourth-order valence-electron chi connectivity index (χ4n) is 6.85. The highest BCUT2D eigenvalue weighted by Crippen LogP contribution is 2.32. The molecule has 236 valence electrons. The number of benzene rings is 1. The number of aliphatic hydroxyl groups excluding tert-OH is 1. The number of hydrogen-bond donors (Lipinski definition) is 2. The lowest BCUT2D eigenvalue weighted by molar-refractivity contribution is -0.139. The van der Waals surface area contributed by atoms with Gasteiger partial charge >= 0.3 is 0 Å². The number of β-amino-alcohol motifs (C(OH)–C–C–N with tert-alkyl or cyclic N) is 1. The van der Waals surface area contributed by atoms with E-state index in [1.165, 1.54) is 0 Å². The maximum atomic E-state index is 13.7. The summed E-state index contributed by atoms with van der Waals surface area (Å²) in [5, 5.41) is 19.8. The smallest absolute Gasteiger partial charge is 0.170 e. The standard InChI is InChI=1S/C35H38N8O3/c1-46-35(31(45)20-24-3-5-29-28(19-24)33(41-40-29)26-7-14-36-15-8-26)11-18-42(23-35)22-30(44)25-9-16-43(17-10-25)32-6-4-27(21-39-32)34-37-12-2-13-38-34/h2-8,12-15,19,21,25,30,44H,9-11,16-18,20,22-23H2,1H3,(H,40,41)/t30?,35-/m0/s1. The lowest BCUT2D eigenvalue weighted by atomic mass is 9.90. The summed E-state index contributed by atoms with van der Waals surface area (Å²) in [5.41, 5.74) is 3.66. The second-order valence-electron chi connectivity index (χ2n) is 12.3. The molecule has 0 radical (unpaired) electrons. The molecule has 11 nitrogen and oxygen atoms in total. The van der Waals surface area contributed by atoms with Gasteiger partial charge < -0.3 is 14.7 Å². The van der Waals surface area contributed by atoms with Crippen LogP contribution in [-0.2, 0) is 16.0 Å². The molecule has 7 rings (SSSR count). The first kappa shape index (κ1) is 30.1. The predicted octanol–water partition coefficient (Wildman–Crippen LogP) is 3.96. The van der Waals surface area contributed by atoms with E-state index in [9.17, 15) is 9.90 Å². The Morgan fingerprint density at radius 2 is 1.83 bits per heavy atom. The molecule has 0 aliphatic carbocycles. The Kier molecular flexibility index (Phi) is 8.53. The molecule has 2 fully saturated rings. The quantitative estimate of drug-likeness (QED) is 0.237. The number of aromatic nitrogens is 6. The number of carbonyl (C=O) groups excluding carboxylic acids is 1. The third kappa shape index (κ3) is 6.13. The lowest BCUT2D eigenvalue weighted by Crippen LogP contribution is -2.46. The number of methoxy groups -OCH3 is 1. The number of ketones is 1. The van der Waals surface area contributed by atoms with Gasteiger partial charge in [-0.2, -0.15) is 5.10 Å². The molecule has 2 atom stereocenters. The lowest BCUT2D eigenvalue weighted by Gasteiger charge is -2.36. The van der Waals surface area contributed by atoms with Gasteiger partial charge in [0.05, 0.1) is 11.6 Å². The van der Waals surface area contributed by atoms with Gasteiger partial charge in [-0.15, -0.1) is 0 Å². The van der Waals surface area contributed by atoms with E-state index in [0.717, 1.165) is 65.0 Å². The van der Waals surface area contributed by atoms with Gasteiger partial charge in [-0.1, -0.05) is 6.07 Å². The summed E-state index contributed by atoms with van der Waals surface area (Å²) in [6.45, 7) is 3.39. The number of aromatic amines is 1. The van der Waals surface area contributed by atoms with Crippen LogP contribution in [-0.4, -0.2) is 97.5 Å². The number of fused-ring (bicyclic) bond motifs is 1. The average Bonchev–Trinajstić information content (AvgIpc) is 3.74. The zero-order chi connectivity index (χ0) is 31.5. The number of nitrogens with one attached hydrogen (secondary N) is 1. The van der Waals surface area contributed by atoms with Crippen molar-refractivity contribution in [3.05, 3.63) is 85.1 Å². The molecule has 4 aromatic heterocycles. The minimum atomic E-state index is -0.884. The Hall–Kier alpha value is -4.58. The van der Waals surface area contributed by atoms with Crippen molar-refractivity contribution in [3.8, 4) is 22.6 Å². The van der Waals surface area contributed by atoms with Gasteiger partial charge in [0, 0.05) is 93.8 Å². The van der Waals surface area contributed by atoms with Crippen LogP contribution in [0.3, 0.4) is 0 Å². The van der Waals surface area contributed by atoms with Crippen LogP contribution in [0.5, 0.6) is 0 Å². The van der Waals surface area contributed by atoms with Gasteiger partial charge in [0.2, 0.25) is 0 Å². The third-order valence-electron chi connectivity index (χ3n) is 9.58. The molecule has 0 saturated carbocycles. The molecule has 1 unspecified atom stereocenters. The number of Topliss-reactive ketones (excluding diaryl/α,β-unsaturated/α-hetero) is 1. The maximum absolute atomic E-state index is 13.7. The predicted molar refractivity (Wildman–Crippen MR) is 175 cm³/mol. The highest BCUT2D eigenvalue weighted by Gasteiger charge is 2.45. The van der Waals surface area contributed by atoms with E-state index in [-0.39, 0.29) is 18.1 Å². The summed E-state index contributed by atoms with van der Waals surface area (Å²) in [6.07, 6.45) is 10.9. The van der Waals surface area contributed by atoms with E-state index in [0.29, 0.717) is 31.9 Å². The summed E-state index contributed by atoms with van der Waals surface area (Å²) >= 11 is 0. The van der Waals surface area contributed by atoms with Crippen molar-refractivity contribution in [2.75, 3.05) is 44.7 Å². The van der Waals surface area contributed by atoms with Crippen molar-refractivity contribution < 1.29 is 14.6 Å². The Bertz CT molecular complexity index is 1770. The summed E-state index contributed by atoms with van der Waals surface area (Å²) in [6, 6.07) is 15.7. The van der Waals surface area contributed by atoms with Gasteiger partial charge in [0.1, 0.15) is 17.1 Å². The van der Waals surface area contributed by atoms with Crippen LogP contribution in [0.15, 0.2) is 79.5 Å². The zero-order valence-electron chi connectivity index (χ0n) is 25.9. The normalized spacial score (nSPS) is 19.9. The number of ether oxygens (including phenoxy) is 1. The number of piperidine rings is 1. The van der Waals surface area contributed by atoms with E-state index < -0.39 is 11.7 Å². The Morgan fingerprint density at radius 1 is 1.02 bits per heavy atom. The zero-order valence-corrected chi connectivity index (χ0v) is 25.9. The Balaban J connectivity index is 0.935. The number of pyridine rings is 2. The SMILES string of the molecule is CO[C@@]1(C(=O)Cc2ccc3[nH]nc(-c4ccncc4)c3c2)CCN(CC(O)C2CCN(c3ccc(-c4ncccn4)cn3)CC2)C1. The number of H-pyrrole nitrogens is 1. The molecule has 0 bridgehead atoms. The van der Waals surface area contributed by atoms with Crippen LogP contribution in [0.4, 0.5) is 5.82 Å². The van der Waals surface area contributed by atoms with Crippen LogP contribution in [0.2, 0.25) is 0 Å². The van der Waals surface area contributed by atoms with E-state index >= 15 is 0 Å². The largest absolute Gasteiger partial charge is 0.392 e. The number of hydrogen-bond acceptors (Lipinski definition) is 10. The van der Waals surface area contributed by atoms with E-state index in [1.807, 2.05) is 48.7 Å². The molecule has 11 heteroatoms. The molecule has 2 aliphatic heterocycles. The van der Waals surface area contributed by atoms with E-state index in [2.05, 4.69) is 39.9 Å². The number of nitrogens with zero attached hydrogens (tertiary/aromatic N) is 7. The van der Waals surface area contributed by atoms with Crippen molar-refractivity contribution in [2.45, 2.75) is 37.4 Å². The van der Waals surface area contributed by atoms with Crippen LogP contribution in [0.1, 0.15) is 24.8 Å². The van der Waals surface area contributed by atoms with Gasteiger partial charge in [0.25, 0.3) is 0 Å². The molecule has 6 heterocycles. The van der Waals surface area contributed by atoms with Crippen molar-refractivity contribution in [1.29, 1.82) is 0 Å². The molecule has 0 amide bonds. The van der Waals surface area contributed by atoms with E-state index in [1.54, 1.807) is 38.0 Å². The van der Waals surface area contributed by atoms with E-state index in [4.69, 9.17) is 4.74 Å². The third-order valence-corrected chi connectivity index (χ3v) is 9.58. The molecule has 2 aliphatic rings. The number of anilines is 1. The summed E-state index contributed by atoms with van der Waals surface area (Å²) < 4.78 is 5.94. The van der Waals surface area contributed by atoms with Crippen molar-refractivity contribution >= 4 is 22.5 Å². The molecule has 0 spiro atoms. The van der Waals surface area contributed by atoms with Crippen molar-refractivity contribution in [2.24, 2.45) is 5.92 Å². The first-order valence-electron chi connectivity index (χ1n) is 15.9. The Labute approximate surface area is 267 Å². The minimum absolute atomic E-state index is 0.0611. The monoisotopic (exact) mass is 618 g/mol. The summed E-state index contributed by atoms with van der Waals surface area (Å²) in [5.74, 6) is 1.84. The summed E-state index contributed by atoms with van der Waals surface area (Å²) in [7, 11) is 1.63. The maximum Gasteiger partial charge on any atom is 0.170 e. The second-order valence-corrected chi connectivity index (χ2v) is 12.3. The number of rotatable bonds is 10. The van der Waals surface area contributed by atoms with Crippen LogP contribution >= 0.6 is 0 Å². The van der Waals surface area contributed by atoms with Gasteiger partial charge in [-0.3, -0.25) is 19.8 Å². The number of carbonyl (C=O) groups is 1. The molecular formula is C35H38N8O3. The Morgan fingerprint density at radius 3 is 2.57 bits per heavy atom. The van der Waals surface area contributed by atoms with Gasteiger partial charge in [-0.05, 0) is 73.2 Å². The molecule has 5 aromatic rings. The summed E-state index contributed by atoms with van der Waals surface area (Å²) in [4.78, 5) is 35.5. The van der Waals surface area contributed by atoms with Crippen LogP contribution < -0.4 is 4.90 Å². The topological polar surface area (TPSA) is 133 Å². The fraction of sp³-hybridized carbons (Fsp3) is 0.371. The fourth-order valence-corrected chi connectivity index (χ4v) is 6.85. The highest BCUT2D eigenvalue weighted by molar-refractivity contribution is 5.95. The molecule has 2 saturated heterocycles. The van der Waals surface area contributed by atoms with Crippen LogP contribution in [0, 0.1) is 5.92 Å². The van der Waals surface area contributed by atoms with Gasteiger partial charge in [0.15, 0.2) is 11.6 Å². The molecule has 2 N–H and O–H groups in total. The van der Waals surface area contributed by atoms with Crippen LogP contribution in [0.25, 0.3) is 33.5 Å². The van der Waals surface area contributed by atoms with Gasteiger partial charge in [-0.25, -0.2) is 15.0 Å². The molecular weight excluding hydrogens is 580 g/mol. The first-order chi connectivity index (χ1) is 22.5. The van der Waals surface area contributed by atoms with Crippen molar-refractivity contribution in [3.63, 3.8) is 0 Å². The minimum Gasteiger partial charge on any atom is -0.392 e. The first-order valence-corrected chi connectivity index (χ1v) is 15.9. The number of aliphatic hydroxyl groups is 1. The second kappa shape index (κ2) is 13.0.